The van der Waals surface area contributed by atoms with Gasteiger partial charge < -0.3 is 15.0 Å². The van der Waals surface area contributed by atoms with E-state index >= 15 is 0 Å². The lowest BCUT2D eigenvalue weighted by Crippen LogP contribution is -2.47. The minimum atomic E-state index is 0.260. The summed E-state index contributed by atoms with van der Waals surface area (Å²) in [5, 5.41) is 19.7. The average molecular weight is 418 g/mol. The van der Waals surface area contributed by atoms with E-state index < -0.39 is 0 Å². The van der Waals surface area contributed by atoms with Crippen LogP contribution in [0.5, 0.6) is 5.88 Å². The van der Waals surface area contributed by atoms with Gasteiger partial charge in [-0.1, -0.05) is 0 Å². The Balaban J connectivity index is 1.24. The molecule has 2 bridgehead atoms. The molecular formula is C23H27N7O. The number of anilines is 1. The fourth-order valence-corrected chi connectivity index (χ4v) is 4.82. The fourth-order valence-electron chi connectivity index (χ4n) is 4.82. The Kier molecular flexibility index (Phi) is 4.60. The lowest BCUT2D eigenvalue weighted by Gasteiger charge is -2.36. The second-order valence-electron chi connectivity index (χ2n) is 9.00. The first-order valence-electron chi connectivity index (χ1n) is 11.2. The molecule has 8 heteroatoms. The van der Waals surface area contributed by atoms with Crippen LogP contribution in [0.15, 0.2) is 36.7 Å². The van der Waals surface area contributed by atoms with Crippen molar-refractivity contribution in [2.45, 2.75) is 62.8 Å². The molecule has 2 unspecified atom stereocenters. The number of aromatic nitrogens is 5. The SMILES string of the molecule is CN(c1ccc(-c2ccc(-c3cn[nH]c3)c(OC3CC3)n2)nn1)C1CC2CCC(C1)N2. The van der Waals surface area contributed by atoms with Crippen molar-refractivity contribution in [2.75, 3.05) is 11.9 Å². The number of nitrogens with one attached hydrogen (secondary N) is 2. The summed E-state index contributed by atoms with van der Waals surface area (Å²) in [6.07, 6.45) is 11.0. The normalized spacial score (nSPS) is 24.9. The van der Waals surface area contributed by atoms with Crippen LogP contribution in [0.3, 0.4) is 0 Å². The third-order valence-corrected chi connectivity index (χ3v) is 6.74. The van der Waals surface area contributed by atoms with Crippen molar-refractivity contribution in [1.82, 2.24) is 30.7 Å². The predicted molar refractivity (Wildman–Crippen MR) is 118 cm³/mol. The van der Waals surface area contributed by atoms with Crippen LogP contribution in [0.1, 0.15) is 38.5 Å². The number of aromatic amines is 1. The smallest absolute Gasteiger partial charge is 0.222 e. The molecule has 2 aliphatic heterocycles. The number of hydrogen-bond acceptors (Lipinski definition) is 7. The highest BCUT2D eigenvalue weighted by atomic mass is 16.5. The lowest BCUT2D eigenvalue weighted by atomic mass is 9.98. The second-order valence-corrected chi connectivity index (χ2v) is 9.00. The molecule has 0 aromatic carbocycles. The highest BCUT2D eigenvalue weighted by Gasteiger charge is 2.35. The van der Waals surface area contributed by atoms with Crippen LogP contribution >= 0.6 is 0 Å². The van der Waals surface area contributed by atoms with Gasteiger partial charge in [0.2, 0.25) is 5.88 Å². The van der Waals surface area contributed by atoms with Crippen LogP contribution in [-0.4, -0.2) is 56.7 Å². The monoisotopic (exact) mass is 417 g/mol. The molecule has 160 valence electrons. The highest BCUT2D eigenvalue weighted by molar-refractivity contribution is 5.70. The number of fused-ring (bicyclic) bond motifs is 2. The zero-order valence-corrected chi connectivity index (χ0v) is 17.7. The van der Waals surface area contributed by atoms with Gasteiger partial charge in [-0.15, -0.1) is 10.2 Å². The van der Waals surface area contributed by atoms with E-state index in [1.165, 1.54) is 25.7 Å². The zero-order valence-electron chi connectivity index (χ0n) is 17.7. The molecule has 2 atom stereocenters. The van der Waals surface area contributed by atoms with Gasteiger partial charge in [-0.05, 0) is 62.8 Å². The Labute approximate surface area is 181 Å². The van der Waals surface area contributed by atoms with Crippen LogP contribution in [-0.2, 0) is 0 Å². The summed E-state index contributed by atoms with van der Waals surface area (Å²) in [7, 11) is 2.14. The number of rotatable bonds is 6. The zero-order chi connectivity index (χ0) is 20.8. The highest BCUT2D eigenvalue weighted by Crippen LogP contribution is 2.35. The molecule has 0 amide bonds. The van der Waals surface area contributed by atoms with Crippen molar-refractivity contribution in [3.8, 4) is 28.4 Å². The van der Waals surface area contributed by atoms with Crippen molar-refractivity contribution in [3.05, 3.63) is 36.7 Å². The number of piperidine rings is 1. The number of hydrogen-bond donors (Lipinski definition) is 2. The maximum atomic E-state index is 6.09. The van der Waals surface area contributed by atoms with E-state index in [0.717, 1.165) is 41.2 Å². The maximum absolute atomic E-state index is 6.09. The van der Waals surface area contributed by atoms with Gasteiger partial charge in [0, 0.05) is 42.5 Å². The van der Waals surface area contributed by atoms with E-state index in [2.05, 4.69) is 43.7 Å². The lowest BCUT2D eigenvalue weighted by molar-refractivity contribution is 0.293. The molecule has 3 fully saturated rings. The molecule has 6 rings (SSSR count). The molecule has 1 aliphatic carbocycles. The molecule has 5 heterocycles. The summed E-state index contributed by atoms with van der Waals surface area (Å²) < 4.78 is 6.09. The van der Waals surface area contributed by atoms with Gasteiger partial charge in [-0.3, -0.25) is 5.10 Å². The second kappa shape index (κ2) is 7.60. The van der Waals surface area contributed by atoms with Gasteiger partial charge in [0.25, 0.3) is 0 Å². The average Bonchev–Trinajstić information content (AvgIpc) is 3.32. The number of ether oxygens (including phenoxy) is 1. The predicted octanol–water partition coefficient (Wildman–Crippen LogP) is 3.19. The van der Waals surface area contributed by atoms with Gasteiger partial charge >= 0.3 is 0 Å². The first-order valence-corrected chi connectivity index (χ1v) is 11.2. The molecule has 3 aromatic rings. The van der Waals surface area contributed by atoms with Crippen molar-refractivity contribution < 1.29 is 4.74 Å². The van der Waals surface area contributed by atoms with Gasteiger partial charge in [-0.2, -0.15) is 5.10 Å². The maximum Gasteiger partial charge on any atom is 0.222 e. The van der Waals surface area contributed by atoms with E-state index in [9.17, 15) is 0 Å². The molecule has 8 nitrogen and oxygen atoms in total. The molecule has 2 N–H and O–H groups in total. The fraction of sp³-hybridized carbons (Fsp3) is 0.478. The van der Waals surface area contributed by atoms with Gasteiger partial charge in [0.1, 0.15) is 11.8 Å². The van der Waals surface area contributed by atoms with Gasteiger partial charge in [0.05, 0.1) is 11.9 Å². The summed E-state index contributed by atoms with van der Waals surface area (Å²) in [4.78, 5) is 7.07. The van der Waals surface area contributed by atoms with Crippen LogP contribution in [0.2, 0.25) is 0 Å². The largest absolute Gasteiger partial charge is 0.474 e. The van der Waals surface area contributed by atoms with E-state index in [-0.39, 0.29) is 6.10 Å². The molecule has 0 radical (unpaired) electrons. The quantitative estimate of drug-likeness (QED) is 0.636. The minimum absolute atomic E-state index is 0.260. The third-order valence-electron chi connectivity index (χ3n) is 6.74. The standard InChI is InChI=1S/C23H27N7O/c1-30(17-10-15-2-3-16(11-17)26-15)22-9-8-21(28-29-22)20-7-6-19(14-12-24-25-13-14)23(27-20)31-18-4-5-18/h6-9,12-13,15-18,26H,2-5,10-11H2,1H3,(H,24,25). The molecule has 31 heavy (non-hydrogen) atoms. The molecule has 3 aromatic heterocycles. The van der Waals surface area contributed by atoms with Crippen LogP contribution in [0.25, 0.3) is 22.5 Å². The molecule has 1 saturated carbocycles. The summed E-state index contributed by atoms with van der Waals surface area (Å²) in [6, 6.07) is 9.89. The summed E-state index contributed by atoms with van der Waals surface area (Å²) in [6.45, 7) is 0. The van der Waals surface area contributed by atoms with Gasteiger partial charge in [-0.25, -0.2) is 4.98 Å². The Bertz CT molecular complexity index is 1040. The Morgan fingerprint density at radius 1 is 0.968 bits per heavy atom. The molecule has 3 aliphatic rings. The topological polar surface area (TPSA) is 91.9 Å². The van der Waals surface area contributed by atoms with Crippen molar-refractivity contribution in [3.63, 3.8) is 0 Å². The van der Waals surface area contributed by atoms with Crippen molar-refractivity contribution in [1.29, 1.82) is 0 Å². The Morgan fingerprint density at radius 3 is 2.45 bits per heavy atom. The third kappa shape index (κ3) is 3.76. The summed E-state index contributed by atoms with van der Waals surface area (Å²) in [5.41, 5.74) is 3.43. The summed E-state index contributed by atoms with van der Waals surface area (Å²) >= 11 is 0. The first-order chi connectivity index (χ1) is 15.2. The first kappa shape index (κ1) is 18.7. The molecule has 0 spiro atoms. The minimum Gasteiger partial charge on any atom is -0.474 e. The van der Waals surface area contributed by atoms with E-state index in [4.69, 9.17) is 9.72 Å². The Morgan fingerprint density at radius 2 is 1.77 bits per heavy atom. The molecule has 2 saturated heterocycles. The van der Waals surface area contributed by atoms with Crippen LogP contribution in [0, 0.1) is 0 Å². The van der Waals surface area contributed by atoms with Gasteiger partial charge in [0.15, 0.2) is 5.82 Å². The van der Waals surface area contributed by atoms with E-state index in [1.807, 2.05) is 24.4 Å². The van der Waals surface area contributed by atoms with E-state index in [1.54, 1.807) is 6.20 Å². The van der Waals surface area contributed by atoms with Crippen LogP contribution in [0.4, 0.5) is 5.82 Å². The number of pyridine rings is 1. The Hall–Kier alpha value is -3.00. The van der Waals surface area contributed by atoms with Crippen LogP contribution < -0.4 is 15.0 Å². The van der Waals surface area contributed by atoms with E-state index in [0.29, 0.717) is 24.0 Å². The molecular weight excluding hydrogens is 390 g/mol. The number of H-pyrrole nitrogens is 1. The summed E-state index contributed by atoms with van der Waals surface area (Å²) in [5.74, 6) is 1.55. The van der Waals surface area contributed by atoms with Crippen molar-refractivity contribution >= 4 is 5.82 Å². The van der Waals surface area contributed by atoms with Crippen molar-refractivity contribution in [2.24, 2.45) is 0 Å². The number of nitrogens with zero attached hydrogens (tertiary/aromatic N) is 5.